The molecule has 0 unspecified atom stereocenters. The molecule has 0 saturated carbocycles. The highest BCUT2D eigenvalue weighted by molar-refractivity contribution is 7.12. The van der Waals surface area contributed by atoms with Crippen molar-refractivity contribution in [3.05, 3.63) is 46.0 Å². The Labute approximate surface area is 121 Å². The number of ketones is 1. The van der Waals surface area contributed by atoms with E-state index in [0.29, 0.717) is 0 Å². The molecule has 2 rings (SSSR count). The standard InChI is InChI=1S/C15H17NO3S/c1-3-11-6-7-13(19-11)15(18)16-10(2)9-12(17)14-5-4-8-20-14/h4-8,10H,3,9H2,1-2H3,(H,16,18)/t10-/m1/s1. The highest BCUT2D eigenvalue weighted by Gasteiger charge is 2.17. The van der Waals surface area contributed by atoms with Crippen LogP contribution in [0.4, 0.5) is 0 Å². The van der Waals surface area contributed by atoms with Gasteiger partial charge in [0.25, 0.3) is 5.91 Å². The van der Waals surface area contributed by atoms with E-state index in [2.05, 4.69) is 5.32 Å². The van der Waals surface area contributed by atoms with Crippen LogP contribution >= 0.6 is 11.3 Å². The first-order valence-corrected chi connectivity index (χ1v) is 7.44. The molecule has 0 spiro atoms. The normalized spacial score (nSPS) is 12.1. The van der Waals surface area contributed by atoms with E-state index in [4.69, 9.17) is 4.42 Å². The molecule has 1 amide bonds. The number of rotatable bonds is 6. The van der Waals surface area contributed by atoms with Crippen molar-refractivity contribution in [1.82, 2.24) is 5.32 Å². The topological polar surface area (TPSA) is 59.3 Å². The first-order valence-electron chi connectivity index (χ1n) is 6.56. The Morgan fingerprint density at radius 2 is 2.15 bits per heavy atom. The lowest BCUT2D eigenvalue weighted by atomic mass is 10.1. The molecule has 0 aliphatic rings. The predicted molar refractivity (Wildman–Crippen MR) is 78.3 cm³/mol. The maximum atomic E-state index is 11.9. The van der Waals surface area contributed by atoms with Gasteiger partial charge in [-0.2, -0.15) is 0 Å². The van der Waals surface area contributed by atoms with Crippen LogP contribution < -0.4 is 5.32 Å². The summed E-state index contributed by atoms with van der Waals surface area (Å²) in [5, 5.41) is 4.64. The molecule has 2 aromatic heterocycles. The van der Waals surface area contributed by atoms with Gasteiger partial charge in [-0.15, -0.1) is 11.3 Å². The second-order valence-corrected chi connectivity index (χ2v) is 5.55. The number of nitrogens with one attached hydrogen (secondary N) is 1. The molecule has 0 aliphatic heterocycles. The van der Waals surface area contributed by atoms with Gasteiger partial charge in [0.05, 0.1) is 4.88 Å². The Morgan fingerprint density at radius 3 is 2.75 bits per heavy atom. The zero-order valence-electron chi connectivity index (χ0n) is 11.5. The number of carbonyl (C=O) groups is 2. The van der Waals surface area contributed by atoms with E-state index in [1.165, 1.54) is 11.3 Å². The van der Waals surface area contributed by atoms with Crippen molar-refractivity contribution >= 4 is 23.0 Å². The molecule has 0 aliphatic carbocycles. The van der Waals surface area contributed by atoms with Crippen molar-refractivity contribution in [2.75, 3.05) is 0 Å². The van der Waals surface area contributed by atoms with Crippen LogP contribution in [-0.2, 0) is 6.42 Å². The Bertz CT molecular complexity index is 586. The van der Waals surface area contributed by atoms with Crippen LogP contribution in [0, 0.1) is 0 Å². The Balaban J connectivity index is 1.89. The lowest BCUT2D eigenvalue weighted by Crippen LogP contribution is -2.33. The predicted octanol–water partition coefficient (Wildman–Crippen LogP) is 3.29. The van der Waals surface area contributed by atoms with Crippen molar-refractivity contribution in [1.29, 1.82) is 0 Å². The van der Waals surface area contributed by atoms with Gasteiger partial charge in [0.1, 0.15) is 5.76 Å². The second kappa shape index (κ2) is 6.52. The third kappa shape index (κ3) is 3.57. The maximum absolute atomic E-state index is 11.9. The Kier molecular flexibility index (Phi) is 4.74. The van der Waals surface area contributed by atoms with Gasteiger partial charge in [-0.3, -0.25) is 9.59 Å². The maximum Gasteiger partial charge on any atom is 0.287 e. The summed E-state index contributed by atoms with van der Waals surface area (Å²) >= 11 is 1.41. The number of thiophene rings is 1. The smallest absolute Gasteiger partial charge is 0.287 e. The Hall–Kier alpha value is -1.88. The molecule has 2 aromatic rings. The van der Waals surface area contributed by atoms with E-state index < -0.39 is 0 Å². The van der Waals surface area contributed by atoms with E-state index in [1.54, 1.807) is 18.2 Å². The third-order valence-corrected chi connectivity index (χ3v) is 3.81. The van der Waals surface area contributed by atoms with E-state index >= 15 is 0 Å². The summed E-state index contributed by atoms with van der Waals surface area (Å²) in [6.45, 7) is 3.77. The van der Waals surface area contributed by atoms with Gasteiger partial charge in [0.2, 0.25) is 0 Å². The number of hydrogen-bond acceptors (Lipinski definition) is 4. The lowest BCUT2D eigenvalue weighted by Gasteiger charge is -2.11. The highest BCUT2D eigenvalue weighted by atomic mass is 32.1. The molecular formula is C15H17NO3S. The minimum Gasteiger partial charge on any atom is -0.456 e. The number of aryl methyl sites for hydroxylation is 1. The molecule has 20 heavy (non-hydrogen) atoms. The summed E-state index contributed by atoms with van der Waals surface area (Å²) in [6.07, 6.45) is 1.04. The largest absolute Gasteiger partial charge is 0.456 e. The molecule has 5 heteroatoms. The monoisotopic (exact) mass is 291 g/mol. The molecule has 2 heterocycles. The number of Topliss-reactive ketones (excluding diaryl/α,β-unsaturated/α-hetero) is 1. The van der Waals surface area contributed by atoms with Crippen LogP contribution in [0.25, 0.3) is 0 Å². The molecule has 0 saturated heterocycles. The molecule has 0 radical (unpaired) electrons. The summed E-state index contributed by atoms with van der Waals surface area (Å²) in [5.41, 5.74) is 0. The number of hydrogen-bond donors (Lipinski definition) is 1. The minimum absolute atomic E-state index is 0.0430. The first kappa shape index (κ1) is 14.5. The fourth-order valence-electron chi connectivity index (χ4n) is 1.85. The second-order valence-electron chi connectivity index (χ2n) is 4.60. The van der Waals surface area contributed by atoms with Gasteiger partial charge < -0.3 is 9.73 Å². The van der Waals surface area contributed by atoms with Crippen LogP contribution in [0.3, 0.4) is 0 Å². The average Bonchev–Trinajstić information content (AvgIpc) is 3.09. The SMILES string of the molecule is CCc1ccc(C(=O)N[C@H](C)CC(=O)c2cccs2)o1. The zero-order valence-corrected chi connectivity index (χ0v) is 12.3. The van der Waals surface area contributed by atoms with Crippen molar-refractivity contribution in [3.63, 3.8) is 0 Å². The van der Waals surface area contributed by atoms with E-state index in [0.717, 1.165) is 17.1 Å². The van der Waals surface area contributed by atoms with Crippen LogP contribution in [-0.4, -0.2) is 17.7 Å². The summed E-state index contributed by atoms with van der Waals surface area (Å²) < 4.78 is 5.38. The van der Waals surface area contributed by atoms with Crippen molar-refractivity contribution < 1.29 is 14.0 Å². The summed E-state index contributed by atoms with van der Waals surface area (Å²) in [5.74, 6) is 0.826. The van der Waals surface area contributed by atoms with Crippen LogP contribution in [0.15, 0.2) is 34.1 Å². The molecule has 106 valence electrons. The van der Waals surface area contributed by atoms with E-state index in [1.807, 2.05) is 25.3 Å². The van der Waals surface area contributed by atoms with Gasteiger partial charge in [-0.1, -0.05) is 13.0 Å². The Morgan fingerprint density at radius 1 is 1.35 bits per heavy atom. The molecule has 1 N–H and O–H groups in total. The molecular weight excluding hydrogens is 274 g/mol. The number of amides is 1. The molecule has 0 aromatic carbocycles. The van der Waals surface area contributed by atoms with Crippen molar-refractivity contribution in [3.8, 4) is 0 Å². The fraction of sp³-hybridized carbons (Fsp3) is 0.333. The minimum atomic E-state index is -0.281. The quantitative estimate of drug-likeness (QED) is 0.831. The average molecular weight is 291 g/mol. The van der Waals surface area contributed by atoms with Gasteiger partial charge in [-0.25, -0.2) is 0 Å². The van der Waals surface area contributed by atoms with Gasteiger partial charge in [0, 0.05) is 18.9 Å². The van der Waals surface area contributed by atoms with Crippen LogP contribution in [0.1, 0.15) is 46.3 Å². The number of furan rings is 1. The molecule has 0 fully saturated rings. The lowest BCUT2D eigenvalue weighted by molar-refractivity contribution is 0.0895. The fourth-order valence-corrected chi connectivity index (χ4v) is 2.53. The molecule has 4 nitrogen and oxygen atoms in total. The van der Waals surface area contributed by atoms with E-state index in [9.17, 15) is 9.59 Å². The third-order valence-electron chi connectivity index (χ3n) is 2.90. The highest BCUT2D eigenvalue weighted by Crippen LogP contribution is 2.13. The van der Waals surface area contributed by atoms with Crippen molar-refractivity contribution in [2.24, 2.45) is 0 Å². The van der Waals surface area contributed by atoms with Gasteiger partial charge in [0.15, 0.2) is 11.5 Å². The van der Waals surface area contributed by atoms with Crippen LogP contribution in [0.2, 0.25) is 0 Å². The first-order chi connectivity index (χ1) is 9.60. The number of carbonyl (C=O) groups excluding carboxylic acids is 2. The van der Waals surface area contributed by atoms with E-state index in [-0.39, 0.29) is 29.9 Å². The summed E-state index contributed by atoms with van der Waals surface area (Å²) in [4.78, 5) is 24.6. The summed E-state index contributed by atoms with van der Waals surface area (Å²) in [6, 6.07) is 6.85. The molecule has 0 bridgehead atoms. The van der Waals surface area contributed by atoms with Crippen molar-refractivity contribution in [2.45, 2.75) is 32.7 Å². The van der Waals surface area contributed by atoms with Gasteiger partial charge >= 0.3 is 0 Å². The van der Waals surface area contributed by atoms with Crippen LogP contribution in [0.5, 0.6) is 0 Å². The summed E-state index contributed by atoms with van der Waals surface area (Å²) in [7, 11) is 0. The zero-order chi connectivity index (χ0) is 14.5. The van der Waals surface area contributed by atoms with Gasteiger partial charge in [-0.05, 0) is 30.5 Å². The molecule has 1 atom stereocenters.